The monoisotopic (exact) mass is 838 g/mol. The van der Waals surface area contributed by atoms with Gasteiger partial charge in [0, 0.05) is 45.1 Å². The quantitative estimate of drug-likeness (QED) is 0.0378. The summed E-state index contributed by atoms with van der Waals surface area (Å²) in [6.07, 6.45) is 25.1. The zero-order valence-corrected chi connectivity index (χ0v) is 37.9. The number of hydrogen-bond acceptors (Lipinski definition) is 10. The number of unbranched alkanes of at least 4 members (excludes halogenated alkanes) is 16. The Labute approximate surface area is 350 Å². The molecule has 12 heteroatoms. The molecule has 0 saturated carbocycles. The largest absolute Gasteiger partial charge is 0.472 e. The molecule has 0 amide bonds. The van der Waals surface area contributed by atoms with Gasteiger partial charge in [0.25, 0.3) is 0 Å². The lowest BCUT2D eigenvalue weighted by atomic mass is 10.0. The molecule has 2 aromatic rings. The fraction of sp³-hybridized carbons (Fsp3) is 0.783. The van der Waals surface area contributed by atoms with Crippen molar-refractivity contribution in [3.8, 4) is 0 Å². The second kappa shape index (κ2) is 31.4. The van der Waals surface area contributed by atoms with E-state index in [-0.39, 0.29) is 32.6 Å². The van der Waals surface area contributed by atoms with Crippen LogP contribution in [0.2, 0.25) is 0 Å². The molecular weight excluding hydrogens is 757 g/mol. The highest BCUT2D eigenvalue weighted by Crippen LogP contribution is 2.43. The van der Waals surface area contributed by atoms with E-state index in [4.69, 9.17) is 33.1 Å². The summed E-state index contributed by atoms with van der Waals surface area (Å²) in [5.74, 6) is 3.69. The summed E-state index contributed by atoms with van der Waals surface area (Å²) in [5, 5.41) is 0. The molecule has 0 aromatic carbocycles. The molecule has 2 aromatic heterocycles. The van der Waals surface area contributed by atoms with Crippen molar-refractivity contribution in [1.82, 2.24) is 0 Å². The first-order valence-electron chi connectivity index (χ1n) is 22.8. The Bertz CT molecular complexity index is 1440. The lowest BCUT2D eigenvalue weighted by Crippen LogP contribution is -2.29. The molecule has 0 bridgehead atoms. The maximum atomic E-state index is 12.7. The average Bonchev–Trinajstić information content (AvgIpc) is 3.69. The predicted octanol–water partition coefficient (Wildman–Crippen LogP) is 11.8. The third-order valence-corrected chi connectivity index (χ3v) is 11.8. The molecule has 2 rings (SSSR count). The van der Waals surface area contributed by atoms with E-state index in [1.165, 1.54) is 68.1 Å². The van der Waals surface area contributed by atoms with Gasteiger partial charge in [-0.2, -0.15) is 0 Å². The second-order valence-corrected chi connectivity index (χ2v) is 17.5. The standard InChI is InChI=1S/C46H80NO10P/c1-6-8-21-27-40-34-37(3)42(55-40)28-22-17-13-9-11-15-19-24-30-45(48)52-35-41(36-54-58(50,51)53-33-32-47)56-46(49)31-25-20-16-12-10-14-18-23-29-44-39(5)38(4)43(57-44)26-7-2/h34,41H,6-33,35-36,47H2,1-5H3,(H,50,51)/t41-/m1/s1. The van der Waals surface area contributed by atoms with Gasteiger partial charge in [-0.05, 0) is 82.1 Å². The van der Waals surface area contributed by atoms with Gasteiger partial charge in [0.15, 0.2) is 6.10 Å². The number of ether oxygens (including phenoxy) is 2. The van der Waals surface area contributed by atoms with Gasteiger partial charge >= 0.3 is 19.8 Å². The number of hydrogen-bond donors (Lipinski definition) is 2. The molecule has 1 unspecified atom stereocenters. The third-order valence-electron chi connectivity index (χ3n) is 10.8. The Kier molecular flexibility index (Phi) is 28.0. The van der Waals surface area contributed by atoms with Gasteiger partial charge in [-0.1, -0.05) is 104 Å². The molecule has 0 aliphatic carbocycles. The maximum Gasteiger partial charge on any atom is 0.472 e. The Hall–Kier alpha value is -2.43. The van der Waals surface area contributed by atoms with Crippen molar-refractivity contribution in [1.29, 1.82) is 0 Å². The molecular formula is C46H80NO10P. The molecule has 0 aliphatic heterocycles. The van der Waals surface area contributed by atoms with Crippen LogP contribution in [-0.2, 0) is 58.4 Å². The van der Waals surface area contributed by atoms with Crippen LogP contribution in [0.3, 0.4) is 0 Å². The molecule has 0 saturated heterocycles. The third kappa shape index (κ3) is 23.4. The fourth-order valence-electron chi connectivity index (χ4n) is 7.17. The summed E-state index contributed by atoms with van der Waals surface area (Å²) in [5.41, 5.74) is 9.26. The molecule has 334 valence electrons. The highest BCUT2D eigenvalue weighted by atomic mass is 31.2. The first-order chi connectivity index (χ1) is 28.0. The highest BCUT2D eigenvalue weighted by molar-refractivity contribution is 7.47. The summed E-state index contributed by atoms with van der Waals surface area (Å²) in [6, 6.07) is 2.21. The van der Waals surface area contributed by atoms with Gasteiger partial charge in [0.1, 0.15) is 29.6 Å². The van der Waals surface area contributed by atoms with Crippen molar-refractivity contribution in [2.45, 2.75) is 208 Å². The first kappa shape index (κ1) is 51.7. The summed E-state index contributed by atoms with van der Waals surface area (Å²) in [7, 11) is -4.40. The summed E-state index contributed by atoms with van der Waals surface area (Å²) < 4.78 is 45.1. The first-order valence-corrected chi connectivity index (χ1v) is 24.3. The SMILES string of the molecule is CCCCCc1cc(C)c(CCCCCCCCCCC(=O)OC[C@H](COP(=O)(O)OCCN)OC(=O)CCCCCCCCCCc2oc(CCC)c(C)c2C)o1. The Balaban J connectivity index is 1.57. The van der Waals surface area contributed by atoms with E-state index in [0.717, 1.165) is 113 Å². The minimum absolute atomic E-state index is 0.0430. The highest BCUT2D eigenvalue weighted by Gasteiger charge is 2.26. The molecule has 2 heterocycles. The van der Waals surface area contributed by atoms with Crippen LogP contribution >= 0.6 is 7.82 Å². The number of carbonyl (C=O) groups is 2. The average molecular weight is 838 g/mol. The van der Waals surface area contributed by atoms with Crippen LogP contribution in [0.1, 0.15) is 195 Å². The molecule has 2 atom stereocenters. The van der Waals surface area contributed by atoms with E-state index < -0.39 is 32.5 Å². The number of rotatable bonds is 37. The number of nitrogens with two attached hydrogens (primary N) is 1. The summed E-state index contributed by atoms with van der Waals surface area (Å²) in [4.78, 5) is 35.1. The Morgan fingerprint density at radius 1 is 0.638 bits per heavy atom. The zero-order valence-electron chi connectivity index (χ0n) is 37.0. The molecule has 3 N–H and O–H groups in total. The minimum atomic E-state index is -4.40. The van der Waals surface area contributed by atoms with Crippen molar-refractivity contribution < 1.29 is 46.4 Å². The number of phosphoric acid groups is 1. The topological polar surface area (TPSA) is 161 Å². The van der Waals surface area contributed by atoms with E-state index in [1.54, 1.807) is 0 Å². The smallest absolute Gasteiger partial charge is 0.466 e. The van der Waals surface area contributed by atoms with E-state index in [0.29, 0.717) is 12.8 Å². The van der Waals surface area contributed by atoms with Crippen molar-refractivity contribution in [3.63, 3.8) is 0 Å². The van der Waals surface area contributed by atoms with Crippen LogP contribution in [-0.4, -0.2) is 49.3 Å². The maximum absolute atomic E-state index is 12.7. The van der Waals surface area contributed by atoms with E-state index in [1.807, 2.05) is 0 Å². The normalized spacial score (nSPS) is 13.2. The van der Waals surface area contributed by atoms with Crippen LogP contribution in [0, 0.1) is 20.8 Å². The van der Waals surface area contributed by atoms with Crippen LogP contribution in [0.15, 0.2) is 14.9 Å². The van der Waals surface area contributed by atoms with Crippen molar-refractivity contribution in [2.24, 2.45) is 5.73 Å². The molecule has 0 spiro atoms. The fourth-order valence-corrected chi connectivity index (χ4v) is 7.93. The summed E-state index contributed by atoms with van der Waals surface area (Å²) >= 11 is 0. The van der Waals surface area contributed by atoms with E-state index >= 15 is 0 Å². The van der Waals surface area contributed by atoms with Crippen LogP contribution in [0.25, 0.3) is 0 Å². The van der Waals surface area contributed by atoms with Gasteiger partial charge in [0.05, 0.1) is 13.2 Å². The molecule has 0 fully saturated rings. The van der Waals surface area contributed by atoms with E-state index in [2.05, 4.69) is 40.7 Å². The Morgan fingerprint density at radius 2 is 1.16 bits per heavy atom. The van der Waals surface area contributed by atoms with E-state index in [9.17, 15) is 19.0 Å². The minimum Gasteiger partial charge on any atom is -0.466 e. The summed E-state index contributed by atoms with van der Waals surface area (Å²) in [6.45, 7) is 10.0. The molecule has 0 aliphatic rings. The number of furan rings is 2. The molecule has 58 heavy (non-hydrogen) atoms. The lowest BCUT2D eigenvalue weighted by molar-refractivity contribution is -0.161. The van der Waals surface area contributed by atoms with Gasteiger partial charge in [0.2, 0.25) is 0 Å². The van der Waals surface area contributed by atoms with Crippen molar-refractivity contribution in [2.75, 3.05) is 26.4 Å². The number of esters is 2. The Morgan fingerprint density at radius 3 is 1.72 bits per heavy atom. The van der Waals surface area contributed by atoms with Crippen LogP contribution in [0.5, 0.6) is 0 Å². The van der Waals surface area contributed by atoms with Crippen LogP contribution < -0.4 is 5.73 Å². The lowest BCUT2D eigenvalue weighted by Gasteiger charge is -2.19. The van der Waals surface area contributed by atoms with Gasteiger partial charge < -0.3 is 28.9 Å². The van der Waals surface area contributed by atoms with Gasteiger partial charge in [-0.15, -0.1) is 0 Å². The number of carbonyl (C=O) groups excluding carboxylic acids is 2. The molecule has 0 radical (unpaired) electrons. The molecule has 11 nitrogen and oxygen atoms in total. The van der Waals surface area contributed by atoms with Gasteiger partial charge in [-0.25, -0.2) is 4.57 Å². The van der Waals surface area contributed by atoms with Crippen molar-refractivity contribution >= 4 is 19.8 Å². The zero-order chi connectivity index (χ0) is 42.4. The number of aryl methyl sites for hydroxylation is 5. The van der Waals surface area contributed by atoms with Crippen LogP contribution in [0.4, 0.5) is 0 Å². The second-order valence-electron chi connectivity index (χ2n) is 16.1. The van der Waals surface area contributed by atoms with Gasteiger partial charge in [-0.3, -0.25) is 18.6 Å². The van der Waals surface area contributed by atoms with Crippen molar-refractivity contribution in [3.05, 3.63) is 45.8 Å². The number of phosphoric ester groups is 1. The predicted molar refractivity (Wildman–Crippen MR) is 231 cm³/mol.